The minimum Gasteiger partial charge on any atom is -0.396 e. The van der Waals surface area contributed by atoms with Crippen LogP contribution in [0.15, 0.2) is 4.90 Å². The van der Waals surface area contributed by atoms with Gasteiger partial charge in [0.15, 0.2) is 0 Å². The number of nitrogens with zero attached hydrogens (tertiary/aromatic N) is 2. The first-order valence-corrected chi connectivity index (χ1v) is 8.52. The minimum atomic E-state index is -3.55. The number of aryl methyl sites for hydroxylation is 2. The Balaban J connectivity index is 3.09. The lowest BCUT2D eigenvalue weighted by molar-refractivity contribution is 0.276. The normalized spacial score (nSPS) is 12.3. The van der Waals surface area contributed by atoms with E-state index in [9.17, 15) is 8.42 Å². The summed E-state index contributed by atoms with van der Waals surface area (Å²) in [5, 5.41) is 13.1. The van der Waals surface area contributed by atoms with E-state index in [1.165, 1.54) is 0 Å². The molecule has 2 N–H and O–H groups in total. The Morgan fingerprint density at radius 2 is 1.90 bits per heavy atom. The highest BCUT2D eigenvalue weighted by molar-refractivity contribution is 7.89. The average molecular weight is 303 g/mol. The number of aliphatic hydroxyl groups is 1. The lowest BCUT2D eigenvalue weighted by Crippen LogP contribution is -2.34. The number of aliphatic hydroxyl groups excluding tert-OH is 1. The summed E-state index contributed by atoms with van der Waals surface area (Å²) in [6, 6.07) is -0.0559. The van der Waals surface area contributed by atoms with Gasteiger partial charge in [-0.05, 0) is 33.1 Å². The number of rotatable bonds is 8. The van der Waals surface area contributed by atoms with Gasteiger partial charge < -0.3 is 5.11 Å². The summed E-state index contributed by atoms with van der Waals surface area (Å²) in [6.45, 7) is 7.95. The molecular formula is C13H25N3O3S. The van der Waals surface area contributed by atoms with Gasteiger partial charge in [0.25, 0.3) is 0 Å². The third kappa shape index (κ3) is 3.80. The highest BCUT2D eigenvalue weighted by Crippen LogP contribution is 2.20. The van der Waals surface area contributed by atoms with Gasteiger partial charge in [0.2, 0.25) is 10.0 Å². The van der Waals surface area contributed by atoms with Crippen molar-refractivity contribution in [3.05, 3.63) is 11.4 Å². The Labute approximate surface area is 121 Å². The zero-order chi connectivity index (χ0) is 15.3. The van der Waals surface area contributed by atoms with E-state index in [1.54, 1.807) is 18.5 Å². The van der Waals surface area contributed by atoms with Crippen LogP contribution in [0.5, 0.6) is 0 Å². The molecule has 20 heavy (non-hydrogen) atoms. The molecule has 0 fully saturated rings. The van der Waals surface area contributed by atoms with Crippen LogP contribution in [0.25, 0.3) is 0 Å². The largest absolute Gasteiger partial charge is 0.396 e. The molecule has 0 unspecified atom stereocenters. The predicted molar refractivity (Wildman–Crippen MR) is 78.1 cm³/mol. The van der Waals surface area contributed by atoms with Gasteiger partial charge in [-0.2, -0.15) is 5.10 Å². The first-order valence-electron chi connectivity index (χ1n) is 7.04. The third-order valence-electron chi connectivity index (χ3n) is 3.42. The van der Waals surface area contributed by atoms with Crippen LogP contribution >= 0.6 is 0 Å². The van der Waals surface area contributed by atoms with Gasteiger partial charge in [-0.3, -0.25) is 4.68 Å². The van der Waals surface area contributed by atoms with Crippen molar-refractivity contribution < 1.29 is 13.5 Å². The second-order valence-corrected chi connectivity index (χ2v) is 6.59. The molecule has 0 aliphatic carbocycles. The van der Waals surface area contributed by atoms with Crippen LogP contribution < -0.4 is 4.72 Å². The summed E-state index contributed by atoms with van der Waals surface area (Å²) in [5.74, 6) is 0. The average Bonchev–Trinajstić information content (AvgIpc) is 2.68. The quantitative estimate of drug-likeness (QED) is 0.759. The summed E-state index contributed by atoms with van der Waals surface area (Å²) in [5.41, 5.74) is 1.12. The second kappa shape index (κ2) is 7.19. The van der Waals surface area contributed by atoms with Gasteiger partial charge in [0, 0.05) is 19.2 Å². The van der Waals surface area contributed by atoms with Crippen molar-refractivity contribution in [2.24, 2.45) is 0 Å². The van der Waals surface area contributed by atoms with E-state index in [0.717, 1.165) is 12.8 Å². The first kappa shape index (κ1) is 17.1. The van der Waals surface area contributed by atoms with Crippen molar-refractivity contribution in [2.45, 2.75) is 64.4 Å². The number of hydrogen-bond acceptors (Lipinski definition) is 4. The van der Waals surface area contributed by atoms with Crippen LogP contribution in [0.3, 0.4) is 0 Å². The minimum absolute atomic E-state index is 0.0559. The Bertz CT molecular complexity index is 533. The lowest BCUT2D eigenvalue weighted by Gasteiger charge is -2.15. The van der Waals surface area contributed by atoms with Crippen LogP contribution in [0.2, 0.25) is 0 Å². The van der Waals surface area contributed by atoms with E-state index in [0.29, 0.717) is 24.4 Å². The molecule has 6 nitrogen and oxygen atoms in total. The molecule has 0 saturated carbocycles. The Kier molecular flexibility index (Phi) is 6.16. The standard InChI is InChI=1S/C13H25N3O3S/c1-5-12(6-2)15-20(18,19)13-10(3)14-16(11(13)4)8-7-9-17/h12,15,17H,5-9H2,1-4H3. The van der Waals surface area contributed by atoms with Crippen LogP contribution in [-0.4, -0.2) is 36.0 Å². The SMILES string of the molecule is CCC(CC)NS(=O)(=O)c1c(C)nn(CCCO)c1C. The maximum atomic E-state index is 12.5. The lowest BCUT2D eigenvalue weighted by atomic mass is 10.2. The molecule has 0 amide bonds. The molecule has 0 spiro atoms. The van der Waals surface area contributed by atoms with Crippen LogP contribution in [0.1, 0.15) is 44.5 Å². The summed E-state index contributed by atoms with van der Waals surface area (Å²) in [4.78, 5) is 0.266. The van der Waals surface area contributed by atoms with Gasteiger partial charge in [-0.25, -0.2) is 13.1 Å². The number of aromatic nitrogens is 2. The molecule has 1 heterocycles. The van der Waals surface area contributed by atoms with E-state index in [2.05, 4.69) is 9.82 Å². The van der Waals surface area contributed by atoms with Gasteiger partial charge in [0.05, 0.1) is 11.4 Å². The van der Waals surface area contributed by atoms with Gasteiger partial charge in [-0.15, -0.1) is 0 Å². The number of hydrogen-bond donors (Lipinski definition) is 2. The molecule has 0 saturated heterocycles. The van der Waals surface area contributed by atoms with Crippen molar-refractivity contribution in [1.82, 2.24) is 14.5 Å². The predicted octanol–water partition coefficient (Wildman–Crippen LogP) is 1.35. The van der Waals surface area contributed by atoms with Crippen molar-refractivity contribution in [3.63, 3.8) is 0 Å². The van der Waals surface area contributed by atoms with Crippen molar-refractivity contribution >= 4 is 10.0 Å². The smallest absolute Gasteiger partial charge is 0.244 e. The van der Waals surface area contributed by atoms with Gasteiger partial charge >= 0.3 is 0 Å². The molecule has 1 aromatic heterocycles. The Morgan fingerprint density at radius 3 is 2.40 bits per heavy atom. The fourth-order valence-electron chi connectivity index (χ4n) is 2.24. The van der Waals surface area contributed by atoms with Gasteiger partial charge in [0.1, 0.15) is 4.90 Å². The Hall–Kier alpha value is -0.920. The van der Waals surface area contributed by atoms with E-state index in [4.69, 9.17) is 5.11 Å². The molecule has 0 radical (unpaired) electrons. The van der Waals surface area contributed by atoms with E-state index < -0.39 is 10.0 Å². The number of nitrogens with one attached hydrogen (secondary N) is 1. The molecular weight excluding hydrogens is 278 g/mol. The van der Waals surface area contributed by atoms with E-state index in [1.807, 2.05) is 13.8 Å². The molecule has 0 aliphatic rings. The molecule has 0 aliphatic heterocycles. The summed E-state index contributed by atoms with van der Waals surface area (Å²) >= 11 is 0. The molecule has 116 valence electrons. The highest BCUT2D eigenvalue weighted by atomic mass is 32.2. The topological polar surface area (TPSA) is 84.2 Å². The fourth-order valence-corrected chi connectivity index (χ4v) is 4.06. The summed E-state index contributed by atoms with van der Waals surface area (Å²) < 4.78 is 29.3. The maximum absolute atomic E-state index is 12.5. The molecule has 7 heteroatoms. The van der Waals surface area contributed by atoms with Crippen LogP contribution in [0, 0.1) is 13.8 Å². The van der Waals surface area contributed by atoms with Crippen LogP contribution in [0.4, 0.5) is 0 Å². The Morgan fingerprint density at radius 1 is 1.30 bits per heavy atom. The summed E-state index contributed by atoms with van der Waals surface area (Å²) in [7, 11) is -3.55. The van der Waals surface area contributed by atoms with Gasteiger partial charge in [-0.1, -0.05) is 13.8 Å². The maximum Gasteiger partial charge on any atom is 0.244 e. The van der Waals surface area contributed by atoms with Crippen LogP contribution in [-0.2, 0) is 16.6 Å². The molecule has 0 aromatic carbocycles. The highest BCUT2D eigenvalue weighted by Gasteiger charge is 2.26. The van der Waals surface area contributed by atoms with Crippen molar-refractivity contribution in [2.75, 3.05) is 6.61 Å². The first-order chi connectivity index (χ1) is 9.37. The molecule has 0 atom stereocenters. The second-order valence-electron chi connectivity index (χ2n) is 4.93. The summed E-state index contributed by atoms with van der Waals surface area (Å²) in [6.07, 6.45) is 2.07. The zero-order valence-corrected chi connectivity index (χ0v) is 13.5. The van der Waals surface area contributed by atoms with E-state index >= 15 is 0 Å². The number of sulfonamides is 1. The third-order valence-corrected chi connectivity index (χ3v) is 5.19. The van der Waals surface area contributed by atoms with Crippen molar-refractivity contribution in [3.8, 4) is 0 Å². The zero-order valence-electron chi connectivity index (χ0n) is 12.7. The molecule has 1 aromatic rings. The van der Waals surface area contributed by atoms with E-state index in [-0.39, 0.29) is 17.5 Å². The monoisotopic (exact) mass is 303 g/mol. The van der Waals surface area contributed by atoms with Crippen molar-refractivity contribution in [1.29, 1.82) is 0 Å². The fraction of sp³-hybridized carbons (Fsp3) is 0.769. The molecule has 0 bridgehead atoms. The molecule has 1 rings (SSSR count).